The van der Waals surface area contributed by atoms with Gasteiger partial charge < -0.3 is 9.84 Å². The molecule has 0 bridgehead atoms. The highest BCUT2D eigenvalue weighted by Gasteiger charge is 2.53. The van der Waals surface area contributed by atoms with E-state index in [9.17, 15) is 22.7 Å². The van der Waals surface area contributed by atoms with Crippen LogP contribution in [0.25, 0.3) is 0 Å². The Morgan fingerprint density at radius 2 is 2.00 bits per heavy atom. The first-order valence-electron chi connectivity index (χ1n) is 7.55. The number of azo groups is 1. The Balaban J connectivity index is 2.20. The summed E-state index contributed by atoms with van der Waals surface area (Å²) in [4.78, 5) is 0. The molecule has 2 rings (SSSR count). The van der Waals surface area contributed by atoms with E-state index in [0.717, 1.165) is 12.5 Å². The normalized spacial score (nSPS) is 26.6. The molecule has 132 valence electrons. The molecule has 0 heterocycles. The third-order valence-electron chi connectivity index (χ3n) is 3.50. The van der Waals surface area contributed by atoms with E-state index in [2.05, 4.69) is 10.2 Å². The summed E-state index contributed by atoms with van der Waals surface area (Å²) in [5, 5.41) is 16.6. The molecule has 0 saturated carbocycles. The van der Waals surface area contributed by atoms with Crippen LogP contribution in [0.15, 0.2) is 46.4 Å². The van der Waals surface area contributed by atoms with Gasteiger partial charge in [0.15, 0.2) is 17.6 Å². The first-order chi connectivity index (χ1) is 11.3. The van der Waals surface area contributed by atoms with E-state index < -0.39 is 35.8 Å². The maximum atomic E-state index is 14.2. The molecule has 0 fully saturated rings. The minimum atomic E-state index is -3.73. The van der Waals surface area contributed by atoms with Crippen LogP contribution in [-0.4, -0.2) is 29.5 Å². The van der Waals surface area contributed by atoms with E-state index in [-0.39, 0.29) is 12.3 Å². The van der Waals surface area contributed by atoms with Gasteiger partial charge in [-0.25, -0.2) is 17.6 Å². The molecule has 24 heavy (non-hydrogen) atoms. The summed E-state index contributed by atoms with van der Waals surface area (Å²) >= 11 is 0. The largest absolute Gasteiger partial charge is 0.362 e. The van der Waals surface area contributed by atoms with Gasteiger partial charge in [-0.15, -0.1) is 0 Å². The number of aliphatic hydroxyl groups is 1. The third-order valence-corrected chi connectivity index (χ3v) is 3.50. The van der Waals surface area contributed by atoms with Crippen molar-refractivity contribution in [2.45, 2.75) is 43.9 Å². The van der Waals surface area contributed by atoms with E-state index in [4.69, 9.17) is 4.74 Å². The molecule has 1 aliphatic rings. The number of hydrogen-bond acceptors (Lipinski definition) is 4. The smallest absolute Gasteiger partial charge is 0.283 e. The quantitative estimate of drug-likeness (QED) is 0.352. The molecule has 0 radical (unpaired) electrons. The standard InChI is InChI=1S/C16H18F4N2O2/c1-2-3-8-24-15(23)9-12(18)14(16(19,20)10-15)22-21-13-7-5-4-6-11(13)17/h4-7,9,14,23H,2-3,8,10H2,1H3. The molecule has 2 unspecified atom stereocenters. The van der Waals surface area contributed by atoms with Crippen LogP contribution in [0.5, 0.6) is 0 Å². The molecule has 2 atom stereocenters. The fraction of sp³-hybridized carbons (Fsp3) is 0.500. The van der Waals surface area contributed by atoms with Crippen LogP contribution in [0, 0.1) is 5.82 Å². The number of hydrogen-bond donors (Lipinski definition) is 1. The minimum absolute atomic E-state index is 0.0221. The predicted molar refractivity (Wildman–Crippen MR) is 79.3 cm³/mol. The van der Waals surface area contributed by atoms with Gasteiger partial charge in [0.2, 0.25) is 0 Å². The summed E-state index contributed by atoms with van der Waals surface area (Å²) in [5.74, 6) is -8.25. The predicted octanol–water partition coefficient (Wildman–Crippen LogP) is 4.68. The molecular formula is C16H18F4N2O2. The van der Waals surface area contributed by atoms with Crippen molar-refractivity contribution in [1.82, 2.24) is 0 Å². The van der Waals surface area contributed by atoms with Crippen molar-refractivity contribution in [2.24, 2.45) is 10.2 Å². The van der Waals surface area contributed by atoms with Crippen molar-refractivity contribution in [3.63, 3.8) is 0 Å². The number of unbranched alkanes of at least 4 members (excludes halogenated alkanes) is 1. The molecule has 1 aliphatic carbocycles. The van der Waals surface area contributed by atoms with Gasteiger partial charge in [0, 0.05) is 6.08 Å². The lowest BCUT2D eigenvalue weighted by Gasteiger charge is -2.35. The number of rotatable bonds is 6. The van der Waals surface area contributed by atoms with Crippen molar-refractivity contribution in [2.75, 3.05) is 6.61 Å². The highest BCUT2D eigenvalue weighted by atomic mass is 19.3. The molecule has 1 aromatic rings. The Labute approximate surface area is 136 Å². The number of benzene rings is 1. The van der Waals surface area contributed by atoms with Gasteiger partial charge in [-0.05, 0) is 18.6 Å². The maximum absolute atomic E-state index is 14.2. The monoisotopic (exact) mass is 346 g/mol. The number of nitrogens with zero attached hydrogens (tertiary/aromatic N) is 2. The molecule has 0 aromatic heterocycles. The van der Waals surface area contributed by atoms with Crippen molar-refractivity contribution in [1.29, 1.82) is 0 Å². The van der Waals surface area contributed by atoms with Crippen LogP contribution in [0.2, 0.25) is 0 Å². The van der Waals surface area contributed by atoms with Crippen LogP contribution >= 0.6 is 0 Å². The van der Waals surface area contributed by atoms with Crippen LogP contribution in [-0.2, 0) is 4.74 Å². The van der Waals surface area contributed by atoms with Crippen LogP contribution in [0.4, 0.5) is 23.2 Å². The summed E-state index contributed by atoms with van der Waals surface area (Å²) in [6, 6.07) is 2.93. The fourth-order valence-corrected chi connectivity index (χ4v) is 2.26. The molecule has 1 N–H and O–H groups in total. The average molecular weight is 346 g/mol. The van der Waals surface area contributed by atoms with E-state index in [1.165, 1.54) is 18.2 Å². The van der Waals surface area contributed by atoms with Gasteiger partial charge >= 0.3 is 0 Å². The molecule has 0 aliphatic heterocycles. The fourth-order valence-electron chi connectivity index (χ4n) is 2.26. The Morgan fingerprint density at radius 1 is 1.29 bits per heavy atom. The Morgan fingerprint density at radius 3 is 2.62 bits per heavy atom. The van der Waals surface area contributed by atoms with Gasteiger partial charge in [0.05, 0.1) is 13.0 Å². The van der Waals surface area contributed by atoms with Crippen LogP contribution in [0.3, 0.4) is 0 Å². The zero-order valence-corrected chi connectivity index (χ0v) is 13.1. The average Bonchev–Trinajstić information content (AvgIpc) is 2.47. The van der Waals surface area contributed by atoms with E-state index in [1.807, 2.05) is 6.92 Å². The lowest BCUT2D eigenvalue weighted by molar-refractivity contribution is -0.220. The van der Waals surface area contributed by atoms with E-state index >= 15 is 0 Å². The zero-order chi connectivity index (χ0) is 17.8. The van der Waals surface area contributed by atoms with E-state index in [0.29, 0.717) is 12.5 Å². The Kier molecular flexibility index (Phi) is 5.71. The number of alkyl halides is 2. The van der Waals surface area contributed by atoms with Crippen molar-refractivity contribution < 1.29 is 27.4 Å². The topological polar surface area (TPSA) is 54.2 Å². The number of ether oxygens (including phenoxy) is 1. The van der Waals surface area contributed by atoms with E-state index in [1.54, 1.807) is 0 Å². The molecule has 0 spiro atoms. The van der Waals surface area contributed by atoms with Gasteiger partial charge in [0.1, 0.15) is 11.5 Å². The summed E-state index contributed by atoms with van der Waals surface area (Å²) < 4.78 is 60.8. The van der Waals surface area contributed by atoms with Gasteiger partial charge in [-0.2, -0.15) is 10.2 Å². The zero-order valence-electron chi connectivity index (χ0n) is 13.1. The summed E-state index contributed by atoms with van der Waals surface area (Å²) in [6.07, 6.45) is 0.696. The molecule has 0 saturated heterocycles. The second kappa shape index (κ2) is 7.40. The minimum Gasteiger partial charge on any atom is -0.362 e. The van der Waals surface area contributed by atoms with Crippen LogP contribution < -0.4 is 0 Å². The van der Waals surface area contributed by atoms with Crippen molar-refractivity contribution in [3.05, 3.63) is 42.0 Å². The second-order valence-electron chi connectivity index (χ2n) is 5.58. The Hall–Kier alpha value is -1.80. The first kappa shape index (κ1) is 18.5. The highest BCUT2D eigenvalue weighted by molar-refractivity contribution is 5.37. The molecule has 8 heteroatoms. The lowest BCUT2D eigenvalue weighted by Crippen LogP contribution is -2.48. The summed E-state index contributed by atoms with van der Waals surface area (Å²) in [5.41, 5.74) is -0.277. The van der Waals surface area contributed by atoms with Gasteiger partial charge in [-0.1, -0.05) is 25.5 Å². The second-order valence-corrected chi connectivity index (χ2v) is 5.58. The maximum Gasteiger partial charge on any atom is 0.283 e. The molecular weight excluding hydrogens is 328 g/mol. The molecule has 0 amide bonds. The van der Waals surface area contributed by atoms with Crippen molar-refractivity contribution >= 4 is 5.69 Å². The highest BCUT2D eigenvalue weighted by Crippen LogP contribution is 2.42. The summed E-state index contributed by atoms with van der Waals surface area (Å²) in [7, 11) is 0. The number of halogens is 4. The molecule has 1 aromatic carbocycles. The van der Waals surface area contributed by atoms with Gasteiger partial charge in [0.25, 0.3) is 5.92 Å². The third kappa shape index (κ3) is 4.39. The first-order valence-corrected chi connectivity index (χ1v) is 7.55. The SMILES string of the molecule is CCCCOC1(O)C=C(F)C(N=Nc2ccccc2F)C(F)(F)C1. The van der Waals surface area contributed by atoms with Crippen molar-refractivity contribution in [3.8, 4) is 0 Å². The van der Waals surface area contributed by atoms with Gasteiger partial charge in [-0.3, -0.25) is 0 Å². The Bertz CT molecular complexity index is 636. The molecule has 4 nitrogen and oxygen atoms in total. The van der Waals surface area contributed by atoms with Crippen LogP contribution in [0.1, 0.15) is 26.2 Å². The lowest BCUT2D eigenvalue weighted by atomic mass is 9.93. The summed E-state index contributed by atoms with van der Waals surface area (Å²) in [6.45, 7) is 1.88.